The van der Waals surface area contributed by atoms with E-state index in [1.165, 1.54) is 11.3 Å². The van der Waals surface area contributed by atoms with Crippen molar-refractivity contribution < 1.29 is 24.6 Å². The Kier molecular flexibility index (Phi) is 5.98. The van der Waals surface area contributed by atoms with Crippen LogP contribution in [0.3, 0.4) is 0 Å². The quantitative estimate of drug-likeness (QED) is 0.603. The molecule has 110 valence electrons. The minimum absolute atomic E-state index is 0.157. The van der Waals surface area contributed by atoms with Gasteiger partial charge in [-0.25, -0.2) is 9.59 Å². The van der Waals surface area contributed by atoms with E-state index in [2.05, 4.69) is 10.6 Å². The molecule has 4 N–H and O–H groups in total. The molecule has 0 radical (unpaired) electrons. The number of amides is 2. The van der Waals surface area contributed by atoms with Crippen molar-refractivity contribution in [1.82, 2.24) is 10.6 Å². The van der Waals surface area contributed by atoms with Crippen LogP contribution >= 0.6 is 11.3 Å². The lowest BCUT2D eigenvalue weighted by Gasteiger charge is -2.14. The zero-order valence-electron chi connectivity index (χ0n) is 10.9. The van der Waals surface area contributed by atoms with E-state index >= 15 is 0 Å². The summed E-state index contributed by atoms with van der Waals surface area (Å²) in [5.41, 5.74) is 1.05. The molecule has 0 aromatic carbocycles. The maximum atomic E-state index is 11.6. The molecule has 0 unspecified atom stereocenters. The molecule has 0 spiro atoms. The molecule has 8 heteroatoms. The third-order valence-corrected chi connectivity index (χ3v) is 3.65. The molecule has 0 aliphatic rings. The Balaban J connectivity index is 2.43. The van der Waals surface area contributed by atoms with Crippen LogP contribution in [0.2, 0.25) is 0 Å². The lowest BCUT2D eigenvalue weighted by molar-refractivity contribution is -0.140. The van der Waals surface area contributed by atoms with Crippen molar-refractivity contribution in [3.8, 4) is 0 Å². The van der Waals surface area contributed by atoms with Gasteiger partial charge in [0.1, 0.15) is 6.04 Å². The number of carboxylic acid groups (broad SMARTS) is 2. The van der Waals surface area contributed by atoms with Gasteiger partial charge in [-0.1, -0.05) is 0 Å². The van der Waals surface area contributed by atoms with Crippen LogP contribution < -0.4 is 10.6 Å². The average molecular weight is 300 g/mol. The van der Waals surface area contributed by atoms with Crippen LogP contribution in [0.4, 0.5) is 4.79 Å². The van der Waals surface area contributed by atoms with Crippen LogP contribution in [-0.4, -0.2) is 34.2 Å². The van der Waals surface area contributed by atoms with Gasteiger partial charge in [0.15, 0.2) is 0 Å². The largest absolute Gasteiger partial charge is 0.481 e. The van der Waals surface area contributed by atoms with E-state index in [1.807, 2.05) is 18.4 Å². The number of thiophene rings is 1. The summed E-state index contributed by atoms with van der Waals surface area (Å²) in [4.78, 5) is 33.9. The number of carbonyl (C=O) groups excluding carboxylic acids is 1. The van der Waals surface area contributed by atoms with Crippen LogP contribution in [0.1, 0.15) is 23.3 Å². The molecule has 1 aromatic heterocycles. The normalized spacial score (nSPS) is 11.7. The Morgan fingerprint density at radius 2 is 2.05 bits per heavy atom. The number of aliphatic carboxylic acids is 2. The molecule has 2 amide bonds. The van der Waals surface area contributed by atoms with Gasteiger partial charge >= 0.3 is 18.0 Å². The summed E-state index contributed by atoms with van der Waals surface area (Å²) in [6.07, 6.45) is -0.475. The molecule has 1 aromatic rings. The van der Waals surface area contributed by atoms with E-state index < -0.39 is 24.0 Å². The number of hydrogen-bond donors (Lipinski definition) is 4. The number of nitrogens with one attached hydrogen (secondary N) is 2. The van der Waals surface area contributed by atoms with Crippen LogP contribution in [0, 0.1) is 6.92 Å². The fourth-order valence-corrected chi connectivity index (χ4v) is 2.33. The molecular formula is C12H16N2O5S. The smallest absolute Gasteiger partial charge is 0.326 e. The Morgan fingerprint density at radius 1 is 1.35 bits per heavy atom. The van der Waals surface area contributed by atoms with Gasteiger partial charge in [0.25, 0.3) is 0 Å². The zero-order valence-corrected chi connectivity index (χ0v) is 11.7. The predicted octanol–water partition coefficient (Wildman–Crippen LogP) is 1.17. The van der Waals surface area contributed by atoms with E-state index in [1.54, 1.807) is 0 Å². The maximum absolute atomic E-state index is 11.6. The summed E-state index contributed by atoms with van der Waals surface area (Å²) >= 11 is 1.49. The molecule has 1 atom stereocenters. The molecule has 0 saturated carbocycles. The van der Waals surface area contributed by atoms with Crippen LogP contribution in [0.25, 0.3) is 0 Å². The van der Waals surface area contributed by atoms with Crippen molar-refractivity contribution in [3.05, 3.63) is 21.9 Å². The number of carbonyl (C=O) groups is 3. The molecule has 0 fully saturated rings. The summed E-state index contributed by atoms with van der Waals surface area (Å²) in [6.45, 7) is 2.22. The molecule has 0 bridgehead atoms. The number of aryl methyl sites for hydroxylation is 1. The predicted molar refractivity (Wildman–Crippen MR) is 72.7 cm³/mol. The van der Waals surface area contributed by atoms with Crippen molar-refractivity contribution in [3.63, 3.8) is 0 Å². The summed E-state index contributed by atoms with van der Waals surface area (Å²) in [6, 6.07) is 0.0816. The highest BCUT2D eigenvalue weighted by molar-refractivity contribution is 7.10. The molecule has 0 aliphatic heterocycles. The lowest BCUT2D eigenvalue weighted by Crippen LogP contribution is -2.45. The number of carboxylic acids is 2. The van der Waals surface area contributed by atoms with Gasteiger partial charge in [0.05, 0.1) is 6.54 Å². The van der Waals surface area contributed by atoms with E-state index in [-0.39, 0.29) is 12.8 Å². The zero-order chi connectivity index (χ0) is 15.1. The highest BCUT2D eigenvalue weighted by Gasteiger charge is 2.20. The van der Waals surface area contributed by atoms with Gasteiger partial charge in [0, 0.05) is 11.3 Å². The van der Waals surface area contributed by atoms with E-state index in [4.69, 9.17) is 10.2 Å². The van der Waals surface area contributed by atoms with Gasteiger partial charge in [-0.15, -0.1) is 11.3 Å². The minimum atomic E-state index is -1.26. The lowest BCUT2D eigenvalue weighted by atomic mass is 10.1. The topological polar surface area (TPSA) is 116 Å². The molecule has 20 heavy (non-hydrogen) atoms. The first-order valence-corrected chi connectivity index (χ1v) is 6.80. The van der Waals surface area contributed by atoms with E-state index in [0.717, 1.165) is 10.4 Å². The summed E-state index contributed by atoms with van der Waals surface area (Å²) in [7, 11) is 0. The SMILES string of the molecule is Cc1ccsc1CNC(=O)N[C@@H](CCC(=O)O)C(=O)O. The second-order valence-electron chi connectivity index (χ2n) is 4.18. The fourth-order valence-electron chi connectivity index (χ4n) is 1.48. The highest BCUT2D eigenvalue weighted by Crippen LogP contribution is 2.14. The molecular weight excluding hydrogens is 284 g/mol. The third kappa shape index (κ3) is 5.27. The van der Waals surface area contributed by atoms with Crippen LogP contribution in [-0.2, 0) is 16.1 Å². The van der Waals surface area contributed by atoms with Gasteiger partial charge in [0.2, 0.25) is 0 Å². The van der Waals surface area contributed by atoms with Crippen molar-refractivity contribution in [2.24, 2.45) is 0 Å². The number of hydrogen-bond acceptors (Lipinski definition) is 4. The molecule has 0 aliphatic carbocycles. The number of urea groups is 1. The molecule has 0 saturated heterocycles. The Morgan fingerprint density at radius 3 is 2.55 bits per heavy atom. The highest BCUT2D eigenvalue weighted by atomic mass is 32.1. The Hall–Kier alpha value is -2.09. The van der Waals surface area contributed by atoms with E-state index in [9.17, 15) is 14.4 Å². The summed E-state index contributed by atoms with van der Waals surface area (Å²) in [5.74, 6) is -2.36. The Bertz CT molecular complexity index is 500. The molecule has 1 heterocycles. The van der Waals surface area contributed by atoms with Crippen molar-refractivity contribution in [1.29, 1.82) is 0 Å². The fraction of sp³-hybridized carbons (Fsp3) is 0.417. The third-order valence-electron chi connectivity index (χ3n) is 2.63. The molecule has 1 rings (SSSR count). The van der Waals surface area contributed by atoms with Crippen molar-refractivity contribution in [2.75, 3.05) is 0 Å². The molecule has 7 nitrogen and oxygen atoms in total. The second-order valence-corrected chi connectivity index (χ2v) is 5.18. The van der Waals surface area contributed by atoms with Gasteiger partial charge in [-0.05, 0) is 30.4 Å². The first-order chi connectivity index (χ1) is 9.40. The van der Waals surface area contributed by atoms with Gasteiger partial charge in [-0.2, -0.15) is 0 Å². The van der Waals surface area contributed by atoms with Crippen molar-refractivity contribution >= 4 is 29.3 Å². The van der Waals surface area contributed by atoms with Crippen LogP contribution in [0.5, 0.6) is 0 Å². The standard InChI is InChI=1S/C12H16N2O5S/c1-7-4-5-20-9(7)6-13-12(19)14-8(11(17)18)2-3-10(15)16/h4-5,8H,2-3,6H2,1H3,(H,15,16)(H,17,18)(H2,13,14,19)/t8-/m0/s1. The second kappa shape index (κ2) is 7.49. The number of rotatable bonds is 7. The first kappa shape index (κ1) is 16.0. The summed E-state index contributed by atoms with van der Waals surface area (Å²) < 4.78 is 0. The average Bonchev–Trinajstić information content (AvgIpc) is 2.77. The van der Waals surface area contributed by atoms with Crippen molar-refractivity contribution in [2.45, 2.75) is 32.4 Å². The Labute approximate surface area is 119 Å². The summed E-state index contributed by atoms with van der Waals surface area (Å²) in [5, 5.41) is 24.1. The van der Waals surface area contributed by atoms with E-state index in [0.29, 0.717) is 6.54 Å². The van der Waals surface area contributed by atoms with Gasteiger partial charge < -0.3 is 20.8 Å². The van der Waals surface area contributed by atoms with Crippen LogP contribution in [0.15, 0.2) is 11.4 Å². The van der Waals surface area contributed by atoms with Gasteiger partial charge in [-0.3, -0.25) is 4.79 Å². The minimum Gasteiger partial charge on any atom is -0.481 e. The maximum Gasteiger partial charge on any atom is 0.326 e. The first-order valence-electron chi connectivity index (χ1n) is 5.92. The monoisotopic (exact) mass is 300 g/mol.